The van der Waals surface area contributed by atoms with E-state index in [-0.39, 0.29) is 29.5 Å². The van der Waals surface area contributed by atoms with E-state index in [9.17, 15) is 15.0 Å². The van der Waals surface area contributed by atoms with Crippen molar-refractivity contribution >= 4 is 11.2 Å². The monoisotopic (exact) mass is 262 g/mol. The Balaban J connectivity index is 1.81. The third-order valence-corrected chi connectivity index (χ3v) is 4.79. The minimum atomic E-state index is -0.494. The molecule has 2 heterocycles. The van der Waals surface area contributed by atoms with Crippen molar-refractivity contribution in [2.45, 2.75) is 25.0 Å². The summed E-state index contributed by atoms with van der Waals surface area (Å²) < 4.78 is 1.86. The Morgan fingerprint density at radius 2 is 2.37 bits per heavy atom. The van der Waals surface area contributed by atoms with Crippen molar-refractivity contribution in [1.82, 2.24) is 19.5 Å². The van der Waals surface area contributed by atoms with Crippen molar-refractivity contribution < 1.29 is 10.2 Å². The maximum absolute atomic E-state index is 11.6. The highest BCUT2D eigenvalue weighted by molar-refractivity contribution is 5.69. The molecule has 0 saturated heterocycles. The zero-order chi connectivity index (χ0) is 13.2. The van der Waals surface area contributed by atoms with Gasteiger partial charge in [-0.2, -0.15) is 0 Å². The van der Waals surface area contributed by atoms with Crippen LogP contribution < -0.4 is 5.56 Å². The summed E-state index contributed by atoms with van der Waals surface area (Å²) >= 11 is 0. The van der Waals surface area contributed by atoms with Gasteiger partial charge >= 0.3 is 0 Å². The van der Waals surface area contributed by atoms with E-state index in [4.69, 9.17) is 0 Å². The molecule has 7 heteroatoms. The summed E-state index contributed by atoms with van der Waals surface area (Å²) in [6.07, 6.45) is 3.87. The second kappa shape index (κ2) is 3.43. The second-order valence-electron chi connectivity index (χ2n) is 5.58. The Labute approximate surface area is 107 Å². The van der Waals surface area contributed by atoms with Crippen molar-refractivity contribution in [2.75, 3.05) is 6.61 Å². The lowest BCUT2D eigenvalue weighted by atomic mass is 10.0. The van der Waals surface area contributed by atoms with Crippen molar-refractivity contribution in [3.8, 4) is 0 Å². The van der Waals surface area contributed by atoms with Crippen LogP contribution in [0.15, 0.2) is 17.4 Å². The van der Waals surface area contributed by atoms with Crippen LogP contribution in [0, 0.1) is 11.3 Å². The van der Waals surface area contributed by atoms with E-state index < -0.39 is 6.10 Å². The summed E-state index contributed by atoms with van der Waals surface area (Å²) in [7, 11) is 0. The molecule has 19 heavy (non-hydrogen) atoms. The molecule has 2 aromatic rings. The fraction of sp³-hybridized carbons (Fsp3) is 0.583. The number of nitrogens with zero attached hydrogens (tertiary/aromatic N) is 3. The molecule has 0 radical (unpaired) electrons. The molecule has 2 fully saturated rings. The van der Waals surface area contributed by atoms with Gasteiger partial charge in [0.1, 0.15) is 0 Å². The minimum Gasteiger partial charge on any atom is -0.396 e. The average molecular weight is 262 g/mol. The number of hydrogen-bond donors (Lipinski definition) is 3. The molecule has 3 N–H and O–H groups in total. The molecule has 0 amide bonds. The summed E-state index contributed by atoms with van der Waals surface area (Å²) in [6.45, 7) is 0.00990. The fourth-order valence-electron chi connectivity index (χ4n) is 3.58. The van der Waals surface area contributed by atoms with Crippen molar-refractivity contribution in [1.29, 1.82) is 0 Å². The van der Waals surface area contributed by atoms with Crippen LogP contribution in [0.2, 0.25) is 0 Å². The number of aromatic amines is 1. The predicted octanol–water partition coefficient (Wildman–Crippen LogP) is -0.576. The van der Waals surface area contributed by atoms with E-state index in [0.29, 0.717) is 17.6 Å². The molecule has 4 rings (SSSR count). The lowest BCUT2D eigenvalue weighted by Gasteiger charge is -2.16. The quantitative estimate of drug-likeness (QED) is 0.672. The minimum absolute atomic E-state index is 0.00990. The van der Waals surface area contributed by atoms with E-state index in [2.05, 4.69) is 15.0 Å². The number of fused-ring (bicyclic) bond motifs is 2. The molecule has 2 aliphatic carbocycles. The van der Waals surface area contributed by atoms with E-state index >= 15 is 0 Å². The maximum Gasteiger partial charge on any atom is 0.278 e. The molecule has 2 saturated carbocycles. The Morgan fingerprint density at radius 3 is 3.05 bits per heavy atom. The molecule has 0 aromatic carbocycles. The van der Waals surface area contributed by atoms with E-state index in [1.807, 2.05) is 4.57 Å². The number of H-pyrrole nitrogens is 1. The molecule has 0 unspecified atom stereocenters. The van der Waals surface area contributed by atoms with Crippen LogP contribution in [-0.2, 0) is 0 Å². The van der Waals surface area contributed by atoms with E-state index in [1.54, 1.807) is 6.33 Å². The van der Waals surface area contributed by atoms with Crippen molar-refractivity contribution in [3.05, 3.63) is 23.0 Å². The predicted molar refractivity (Wildman–Crippen MR) is 65.4 cm³/mol. The van der Waals surface area contributed by atoms with Gasteiger partial charge in [0.15, 0.2) is 11.2 Å². The number of hydrogen-bond acceptors (Lipinski definition) is 5. The summed E-state index contributed by atoms with van der Waals surface area (Å²) in [4.78, 5) is 22.4. The maximum atomic E-state index is 11.6. The lowest BCUT2D eigenvalue weighted by molar-refractivity contribution is 0.0600. The largest absolute Gasteiger partial charge is 0.396 e. The average Bonchev–Trinajstić information content (AvgIpc) is 2.89. The van der Waals surface area contributed by atoms with Crippen LogP contribution in [0.4, 0.5) is 0 Å². The highest BCUT2D eigenvalue weighted by Gasteiger charge is 2.67. The van der Waals surface area contributed by atoms with Crippen LogP contribution in [0.1, 0.15) is 18.9 Å². The Morgan fingerprint density at radius 1 is 1.53 bits per heavy atom. The molecule has 2 aliphatic rings. The Kier molecular flexibility index (Phi) is 2.01. The van der Waals surface area contributed by atoms with Crippen LogP contribution in [0.3, 0.4) is 0 Å². The standard InChI is InChI=1S/C12H14N4O3/c17-3-12-2-6(12)7(1-8(12)18)16-5-15-9-10(16)13-4-14-11(9)19/h4-8,17-18H,1-3H2,(H,13,14,19)/t6-,7+,8+,12+/m1/s1. The zero-order valence-electron chi connectivity index (χ0n) is 10.2. The molecule has 100 valence electrons. The smallest absolute Gasteiger partial charge is 0.278 e. The number of aliphatic hydroxyl groups excluding tert-OH is 2. The third kappa shape index (κ3) is 1.26. The highest BCUT2D eigenvalue weighted by Crippen LogP contribution is 2.67. The number of aromatic nitrogens is 4. The zero-order valence-corrected chi connectivity index (χ0v) is 10.2. The summed E-state index contributed by atoms with van der Waals surface area (Å²) in [5.74, 6) is 0.242. The van der Waals surface area contributed by atoms with Gasteiger partial charge in [0.05, 0.1) is 25.4 Å². The first kappa shape index (κ1) is 11.1. The number of rotatable bonds is 2. The summed E-state index contributed by atoms with van der Waals surface area (Å²) in [5.41, 5.74) is 0.259. The van der Waals surface area contributed by atoms with Gasteiger partial charge in [-0.15, -0.1) is 0 Å². The van der Waals surface area contributed by atoms with Gasteiger partial charge in [-0.25, -0.2) is 9.97 Å². The second-order valence-corrected chi connectivity index (χ2v) is 5.58. The van der Waals surface area contributed by atoms with Gasteiger partial charge in [-0.05, 0) is 18.8 Å². The molecule has 4 atom stereocenters. The third-order valence-electron chi connectivity index (χ3n) is 4.79. The molecule has 7 nitrogen and oxygen atoms in total. The van der Waals surface area contributed by atoms with Gasteiger partial charge < -0.3 is 19.8 Å². The van der Waals surface area contributed by atoms with Gasteiger partial charge in [-0.1, -0.05) is 0 Å². The molecular weight excluding hydrogens is 248 g/mol. The van der Waals surface area contributed by atoms with Gasteiger partial charge in [0, 0.05) is 11.5 Å². The van der Waals surface area contributed by atoms with Crippen LogP contribution >= 0.6 is 0 Å². The molecule has 0 spiro atoms. The molecule has 2 aromatic heterocycles. The van der Waals surface area contributed by atoms with Gasteiger partial charge in [-0.3, -0.25) is 4.79 Å². The first-order chi connectivity index (χ1) is 9.17. The molecule has 0 bridgehead atoms. The van der Waals surface area contributed by atoms with E-state index in [1.165, 1.54) is 6.33 Å². The molecular formula is C12H14N4O3. The number of aliphatic hydroxyl groups is 2. The highest BCUT2D eigenvalue weighted by atomic mass is 16.3. The number of nitrogens with one attached hydrogen (secondary N) is 1. The van der Waals surface area contributed by atoms with E-state index in [0.717, 1.165) is 6.42 Å². The van der Waals surface area contributed by atoms with Crippen LogP contribution in [-0.4, -0.2) is 42.4 Å². The summed E-state index contributed by atoms with van der Waals surface area (Å²) in [5, 5.41) is 19.6. The first-order valence-corrected chi connectivity index (χ1v) is 6.36. The summed E-state index contributed by atoms with van der Waals surface area (Å²) in [6, 6.07) is 0.0569. The van der Waals surface area contributed by atoms with Crippen molar-refractivity contribution in [2.24, 2.45) is 11.3 Å². The van der Waals surface area contributed by atoms with Gasteiger partial charge in [0.25, 0.3) is 5.56 Å². The van der Waals surface area contributed by atoms with Gasteiger partial charge in [0.2, 0.25) is 0 Å². The normalized spacial score (nSPS) is 36.6. The van der Waals surface area contributed by atoms with Crippen molar-refractivity contribution in [3.63, 3.8) is 0 Å². The SMILES string of the molecule is O=c1[nH]cnc2c1ncn2[C@H]1C[C@H](O)[C@]2(CO)C[C@H]12. The molecule has 0 aliphatic heterocycles. The topological polar surface area (TPSA) is 104 Å². The Hall–Kier alpha value is -1.73. The van der Waals surface area contributed by atoms with Crippen LogP contribution in [0.5, 0.6) is 0 Å². The van der Waals surface area contributed by atoms with Crippen LogP contribution in [0.25, 0.3) is 11.2 Å². The first-order valence-electron chi connectivity index (χ1n) is 6.36. The fourth-order valence-corrected chi connectivity index (χ4v) is 3.58. The Bertz CT molecular complexity index is 708. The number of imidazole rings is 1. The lowest BCUT2D eigenvalue weighted by Crippen LogP contribution is -2.22.